The molecular weight excluding hydrogens is 266 g/mol. The maximum atomic E-state index is 5.47. The highest BCUT2D eigenvalue weighted by Gasteiger charge is 2.27. The molecule has 1 heterocycles. The maximum Gasteiger partial charge on any atom is 0.170 e. The van der Waals surface area contributed by atoms with Crippen molar-refractivity contribution in [3.8, 4) is 11.3 Å². The molecule has 0 radical (unpaired) electrons. The molecule has 0 fully saturated rings. The van der Waals surface area contributed by atoms with Crippen LogP contribution in [-0.4, -0.2) is 5.16 Å². The van der Waals surface area contributed by atoms with E-state index in [0.717, 1.165) is 23.2 Å². The van der Waals surface area contributed by atoms with E-state index in [2.05, 4.69) is 52.3 Å². The van der Waals surface area contributed by atoms with Gasteiger partial charge in [0.25, 0.3) is 0 Å². The number of hydrogen-bond acceptors (Lipinski definition) is 2. The van der Waals surface area contributed by atoms with Crippen molar-refractivity contribution in [2.24, 2.45) is 0 Å². The maximum absolute atomic E-state index is 5.47. The fourth-order valence-corrected chi connectivity index (χ4v) is 2.86. The minimum Gasteiger partial charge on any atom is -0.356 e. The molecule has 0 bridgehead atoms. The summed E-state index contributed by atoms with van der Waals surface area (Å²) in [6.07, 6.45) is 1.02. The lowest BCUT2D eigenvalue weighted by atomic mass is 9.82. The van der Waals surface area contributed by atoms with E-state index in [1.807, 2.05) is 0 Å². The molecule has 0 spiro atoms. The number of rotatable bonds is 1. The Hall–Kier alpha value is -1.09. The first kappa shape index (κ1) is 10.1. The number of nitrogens with zero attached hydrogens (tertiary/aromatic N) is 1. The molecule has 0 saturated heterocycles. The van der Waals surface area contributed by atoms with Crippen LogP contribution in [0.1, 0.15) is 29.7 Å². The van der Waals surface area contributed by atoms with Gasteiger partial charge in [0, 0.05) is 16.5 Å². The Morgan fingerprint density at radius 2 is 2.25 bits per heavy atom. The SMILES string of the molecule is CC1Cc2c(CBr)noc2-c2ccccc21. The molecule has 1 atom stereocenters. The van der Waals surface area contributed by atoms with Crippen LogP contribution in [-0.2, 0) is 11.8 Å². The van der Waals surface area contributed by atoms with Gasteiger partial charge in [-0.25, -0.2) is 0 Å². The quantitative estimate of drug-likeness (QED) is 0.739. The fourth-order valence-electron chi connectivity index (χ4n) is 2.42. The number of alkyl halides is 1. The summed E-state index contributed by atoms with van der Waals surface area (Å²) in [5, 5.41) is 4.89. The molecule has 3 rings (SSSR count). The first-order valence-corrected chi connectivity index (χ1v) is 6.56. The molecule has 16 heavy (non-hydrogen) atoms. The van der Waals surface area contributed by atoms with Gasteiger partial charge in [0.1, 0.15) is 0 Å². The van der Waals surface area contributed by atoms with Crippen molar-refractivity contribution in [1.82, 2.24) is 5.16 Å². The van der Waals surface area contributed by atoms with E-state index < -0.39 is 0 Å². The van der Waals surface area contributed by atoms with Crippen LogP contribution < -0.4 is 0 Å². The van der Waals surface area contributed by atoms with Crippen LogP contribution in [0.2, 0.25) is 0 Å². The van der Waals surface area contributed by atoms with Crippen molar-refractivity contribution in [2.45, 2.75) is 24.6 Å². The molecule has 1 aliphatic carbocycles. The summed E-state index contributed by atoms with van der Waals surface area (Å²) in [5.41, 5.74) is 4.88. The highest BCUT2D eigenvalue weighted by Crippen LogP contribution is 2.40. The second-order valence-electron chi connectivity index (χ2n) is 4.26. The minimum atomic E-state index is 0.542. The van der Waals surface area contributed by atoms with Gasteiger partial charge in [-0.15, -0.1) is 0 Å². The largest absolute Gasteiger partial charge is 0.356 e. The molecule has 82 valence electrons. The molecule has 0 N–H and O–H groups in total. The third-order valence-corrected chi connectivity index (χ3v) is 3.77. The normalized spacial score (nSPS) is 18.0. The van der Waals surface area contributed by atoms with Gasteiger partial charge in [0.2, 0.25) is 0 Å². The Balaban J connectivity index is 2.24. The van der Waals surface area contributed by atoms with Gasteiger partial charge in [0.15, 0.2) is 5.76 Å². The van der Waals surface area contributed by atoms with Gasteiger partial charge >= 0.3 is 0 Å². The predicted molar refractivity (Wildman–Crippen MR) is 66.7 cm³/mol. The van der Waals surface area contributed by atoms with Gasteiger partial charge in [-0.05, 0) is 17.9 Å². The average Bonchev–Trinajstić information content (AvgIpc) is 2.72. The van der Waals surface area contributed by atoms with E-state index in [4.69, 9.17) is 4.52 Å². The van der Waals surface area contributed by atoms with Gasteiger partial charge in [0.05, 0.1) is 5.69 Å². The first-order valence-electron chi connectivity index (χ1n) is 5.44. The third-order valence-electron chi connectivity index (χ3n) is 3.24. The minimum absolute atomic E-state index is 0.542. The molecular formula is C13H12BrNO. The zero-order valence-electron chi connectivity index (χ0n) is 9.03. The van der Waals surface area contributed by atoms with E-state index in [-0.39, 0.29) is 0 Å². The van der Waals surface area contributed by atoms with Crippen molar-refractivity contribution in [3.63, 3.8) is 0 Å². The van der Waals surface area contributed by atoms with Crippen molar-refractivity contribution < 1.29 is 4.52 Å². The number of benzene rings is 1. The summed E-state index contributed by atoms with van der Waals surface area (Å²) >= 11 is 3.45. The lowest BCUT2D eigenvalue weighted by Crippen LogP contribution is -2.07. The monoisotopic (exact) mass is 277 g/mol. The highest BCUT2D eigenvalue weighted by molar-refractivity contribution is 9.08. The lowest BCUT2D eigenvalue weighted by Gasteiger charge is -2.20. The molecule has 1 aliphatic rings. The number of fused-ring (bicyclic) bond motifs is 3. The number of aromatic nitrogens is 1. The van der Waals surface area contributed by atoms with Crippen LogP contribution in [0.25, 0.3) is 11.3 Å². The Bertz CT molecular complexity index is 532. The lowest BCUT2D eigenvalue weighted by molar-refractivity contribution is 0.424. The summed E-state index contributed by atoms with van der Waals surface area (Å²) in [6, 6.07) is 8.44. The van der Waals surface area contributed by atoms with E-state index in [1.165, 1.54) is 16.7 Å². The molecule has 0 amide bonds. The van der Waals surface area contributed by atoms with Crippen molar-refractivity contribution in [1.29, 1.82) is 0 Å². The van der Waals surface area contributed by atoms with E-state index in [0.29, 0.717) is 5.92 Å². The van der Waals surface area contributed by atoms with Crippen molar-refractivity contribution in [2.75, 3.05) is 0 Å². The Morgan fingerprint density at radius 1 is 1.44 bits per heavy atom. The Labute approximate surface area is 103 Å². The van der Waals surface area contributed by atoms with Gasteiger partial charge in [-0.2, -0.15) is 0 Å². The fraction of sp³-hybridized carbons (Fsp3) is 0.308. The van der Waals surface area contributed by atoms with E-state index in [9.17, 15) is 0 Å². The van der Waals surface area contributed by atoms with Crippen LogP contribution in [0, 0.1) is 0 Å². The van der Waals surface area contributed by atoms with Gasteiger partial charge < -0.3 is 4.52 Å². The van der Waals surface area contributed by atoms with Crippen LogP contribution in [0.15, 0.2) is 28.8 Å². The molecule has 1 aromatic heterocycles. The zero-order chi connectivity index (χ0) is 11.1. The Morgan fingerprint density at radius 3 is 3.06 bits per heavy atom. The highest BCUT2D eigenvalue weighted by atomic mass is 79.9. The van der Waals surface area contributed by atoms with Crippen LogP contribution in [0.3, 0.4) is 0 Å². The smallest absolute Gasteiger partial charge is 0.170 e. The summed E-state index contributed by atoms with van der Waals surface area (Å²) in [5.74, 6) is 1.50. The predicted octanol–water partition coefficient (Wildman–Crippen LogP) is 3.90. The summed E-state index contributed by atoms with van der Waals surface area (Å²) in [4.78, 5) is 0. The molecule has 1 unspecified atom stereocenters. The van der Waals surface area contributed by atoms with E-state index in [1.54, 1.807) is 0 Å². The second-order valence-corrected chi connectivity index (χ2v) is 4.82. The van der Waals surface area contributed by atoms with E-state index >= 15 is 0 Å². The molecule has 3 heteroatoms. The Kier molecular flexibility index (Phi) is 2.36. The van der Waals surface area contributed by atoms with Gasteiger partial charge in [-0.3, -0.25) is 0 Å². The molecule has 0 aliphatic heterocycles. The summed E-state index contributed by atoms with van der Waals surface area (Å²) in [6.45, 7) is 2.26. The molecule has 1 aromatic carbocycles. The first-order chi connectivity index (χ1) is 7.81. The molecule has 2 aromatic rings. The van der Waals surface area contributed by atoms with Gasteiger partial charge in [-0.1, -0.05) is 52.3 Å². The van der Waals surface area contributed by atoms with Crippen molar-refractivity contribution >= 4 is 15.9 Å². The number of halogens is 1. The summed E-state index contributed by atoms with van der Waals surface area (Å²) < 4.78 is 5.47. The van der Waals surface area contributed by atoms with Crippen LogP contribution in [0.4, 0.5) is 0 Å². The van der Waals surface area contributed by atoms with Crippen LogP contribution in [0.5, 0.6) is 0 Å². The van der Waals surface area contributed by atoms with Crippen LogP contribution >= 0.6 is 15.9 Å². The van der Waals surface area contributed by atoms with Crippen molar-refractivity contribution in [3.05, 3.63) is 41.1 Å². The zero-order valence-corrected chi connectivity index (χ0v) is 10.6. The topological polar surface area (TPSA) is 26.0 Å². The average molecular weight is 278 g/mol. The standard InChI is InChI=1S/C13H12BrNO/c1-8-6-11-12(7-14)15-16-13(11)10-5-3-2-4-9(8)10/h2-5,8H,6-7H2,1H3. The third kappa shape index (κ3) is 1.34. The second kappa shape index (κ2) is 3.74. The summed E-state index contributed by atoms with van der Waals surface area (Å²) in [7, 11) is 0. The number of hydrogen-bond donors (Lipinski definition) is 0. The molecule has 2 nitrogen and oxygen atoms in total. The molecule has 0 saturated carbocycles.